The molecule has 0 spiro atoms. The Hall–Kier alpha value is -3.51. The number of nitrogens with zero attached hydrogens (tertiary/aromatic N) is 2. The molecule has 0 fully saturated rings. The fourth-order valence-electron chi connectivity index (χ4n) is 5.08. The third-order valence-electron chi connectivity index (χ3n) is 7.05. The van der Waals surface area contributed by atoms with Gasteiger partial charge in [-0.15, -0.1) is 0 Å². The van der Waals surface area contributed by atoms with Crippen LogP contribution in [-0.4, -0.2) is 56.2 Å². The van der Waals surface area contributed by atoms with Crippen LogP contribution < -0.4 is 20.3 Å². The SMILES string of the molecule is CCCN(C)CCCOc1cc(C(=O)N2CC[C@H](C)Nc3ccccc32)ccc1-c1ccc(NC(C)C)cc1. The summed E-state index contributed by atoms with van der Waals surface area (Å²) in [5.74, 6) is 0.743. The van der Waals surface area contributed by atoms with E-state index in [-0.39, 0.29) is 5.91 Å². The molecule has 0 aromatic heterocycles. The molecule has 1 amide bonds. The summed E-state index contributed by atoms with van der Waals surface area (Å²) < 4.78 is 6.38. The van der Waals surface area contributed by atoms with Crippen molar-refractivity contribution in [3.63, 3.8) is 0 Å². The molecule has 39 heavy (non-hydrogen) atoms. The van der Waals surface area contributed by atoms with Crippen molar-refractivity contribution in [2.45, 2.75) is 59.0 Å². The van der Waals surface area contributed by atoms with Crippen LogP contribution in [0.4, 0.5) is 17.1 Å². The summed E-state index contributed by atoms with van der Waals surface area (Å²) in [7, 11) is 2.15. The van der Waals surface area contributed by atoms with Gasteiger partial charge in [0.2, 0.25) is 0 Å². The highest BCUT2D eigenvalue weighted by Crippen LogP contribution is 2.35. The van der Waals surface area contributed by atoms with Gasteiger partial charge in [0.25, 0.3) is 5.91 Å². The molecule has 0 bridgehead atoms. The van der Waals surface area contributed by atoms with Crippen molar-refractivity contribution in [2.75, 3.05) is 48.8 Å². The first kappa shape index (κ1) is 28.5. The number of hydrogen-bond donors (Lipinski definition) is 2. The second-order valence-corrected chi connectivity index (χ2v) is 10.9. The quantitative estimate of drug-likeness (QED) is 0.259. The molecule has 6 nitrogen and oxygen atoms in total. The number of ether oxygens (including phenoxy) is 1. The number of amides is 1. The van der Waals surface area contributed by atoms with Crippen LogP contribution in [0.15, 0.2) is 66.7 Å². The second-order valence-electron chi connectivity index (χ2n) is 10.9. The van der Waals surface area contributed by atoms with E-state index in [0.29, 0.717) is 30.8 Å². The number of hydrogen-bond acceptors (Lipinski definition) is 5. The van der Waals surface area contributed by atoms with E-state index in [1.54, 1.807) is 0 Å². The van der Waals surface area contributed by atoms with Crippen molar-refractivity contribution in [3.05, 3.63) is 72.3 Å². The van der Waals surface area contributed by atoms with E-state index in [1.807, 2.05) is 47.4 Å². The van der Waals surface area contributed by atoms with Gasteiger partial charge in [0.15, 0.2) is 0 Å². The minimum atomic E-state index is -0.00564. The first-order valence-electron chi connectivity index (χ1n) is 14.4. The Labute approximate surface area is 234 Å². The summed E-state index contributed by atoms with van der Waals surface area (Å²) >= 11 is 0. The minimum absolute atomic E-state index is 0.00564. The van der Waals surface area contributed by atoms with Crippen molar-refractivity contribution in [1.29, 1.82) is 0 Å². The minimum Gasteiger partial charge on any atom is -0.493 e. The smallest absolute Gasteiger partial charge is 0.258 e. The lowest BCUT2D eigenvalue weighted by Gasteiger charge is -2.23. The Morgan fingerprint density at radius 1 is 1.10 bits per heavy atom. The van der Waals surface area contributed by atoms with Crippen molar-refractivity contribution >= 4 is 23.0 Å². The van der Waals surface area contributed by atoms with Crippen molar-refractivity contribution < 1.29 is 9.53 Å². The van der Waals surface area contributed by atoms with Gasteiger partial charge in [-0.05, 0) is 102 Å². The average molecular weight is 529 g/mol. The van der Waals surface area contributed by atoms with Gasteiger partial charge < -0.3 is 25.2 Å². The van der Waals surface area contributed by atoms with Crippen LogP contribution in [0.2, 0.25) is 0 Å². The molecule has 0 saturated carbocycles. The van der Waals surface area contributed by atoms with Crippen molar-refractivity contribution in [2.24, 2.45) is 0 Å². The number of benzene rings is 3. The summed E-state index contributed by atoms with van der Waals surface area (Å²) in [6, 6.07) is 23.0. The molecule has 2 N–H and O–H groups in total. The Morgan fingerprint density at radius 2 is 1.87 bits per heavy atom. The second kappa shape index (κ2) is 13.5. The molecule has 1 heterocycles. The van der Waals surface area contributed by atoms with Crippen LogP contribution >= 0.6 is 0 Å². The maximum absolute atomic E-state index is 13.9. The van der Waals surface area contributed by atoms with Gasteiger partial charge in [-0.25, -0.2) is 0 Å². The number of rotatable bonds is 11. The Kier molecular flexibility index (Phi) is 9.88. The third kappa shape index (κ3) is 7.54. The molecule has 0 unspecified atom stereocenters. The molecule has 1 aliphatic heterocycles. The number of para-hydroxylation sites is 2. The van der Waals surface area contributed by atoms with E-state index >= 15 is 0 Å². The molecule has 6 heteroatoms. The van der Waals surface area contributed by atoms with Crippen LogP contribution in [-0.2, 0) is 0 Å². The van der Waals surface area contributed by atoms with Crippen LogP contribution in [0, 0.1) is 0 Å². The van der Waals surface area contributed by atoms with E-state index in [1.165, 1.54) is 0 Å². The number of nitrogens with one attached hydrogen (secondary N) is 2. The predicted molar refractivity (Wildman–Crippen MR) is 164 cm³/mol. The molecule has 4 rings (SSSR count). The van der Waals surface area contributed by atoms with Gasteiger partial charge in [-0.1, -0.05) is 31.2 Å². The molecule has 0 radical (unpaired) electrons. The zero-order valence-corrected chi connectivity index (χ0v) is 24.2. The lowest BCUT2D eigenvalue weighted by atomic mass is 10.0. The van der Waals surface area contributed by atoms with Crippen LogP contribution in [0.3, 0.4) is 0 Å². The van der Waals surface area contributed by atoms with E-state index in [9.17, 15) is 4.79 Å². The fraction of sp³-hybridized carbons (Fsp3) is 0.424. The standard InChI is InChI=1S/C33H44N4O2/c1-6-19-36(5)20-9-22-39-32-23-27(14-17-29(32)26-12-15-28(16-13-26)34-24(2)3)33(38)37-21-18-25(4)35-30-10-7-8-11-31(30)37/h7-8,10-17,23-25,34-35H,6,9,18-22H2,1-5H3/t25-/m0/s1. The van der Waals surface area contributed by atoms with E-state index in [4.69, 9.17) is 4.74 Å². The summed E-state index contributed by atoms with van der Waals surface area (Å²) in [6.07, 6.45) is 2.94. The topological polar surface area (TPSA) is 56.8 Å². The van der Waals surface area contributed by atoms with Crippen LogP contribution in [0.1, 0.15) is 57.3 Å². The number of anilines is 3. The molecule has 1 aliphatic rings. The average Bonchev–Trinajstić information content (AvgIpc) is 3.09. The van der Waals surface area contributed by atoms with Gasteiger partial charge in [-0.2, -0.15) is 0 Å². The first-order chi connectivity index (χ1) is 18.9. The molecular weight excluding hydrogens is 484 g/mol. The summed E-state index contributed by atoms with van der Waals surface area (Å²) in [5, 5.41) is 6.99. The number of carbonyl (C=O) groups is 1. The Bertz CT molecular complexity index is 1220. The Morgan fingerprint density at radius 3 is 2.62 bits per heavy atom. The number of carbonyl (C=O) groups excluding carboxylic acids is 1. The van der Waals surface area contributed by atoms with Gasteiger partial charge >= 0.3 is 0 Å². The predicted octanol–water partition coefficient (Wildman–Crippen LogP) is 7.14. The molecular formula is C33H44N4O2. The number of fused-ring (bicyclic) bond motifs is 1. The summed E-state index contributed by atoms with van der Waals surface area (Å²) in [6.45, 7) is 11.9. The highest BCUT2D eigenvalue weighted by molar-refractivity contribution is 6.08. The fourth-order valence-corrected chi connectivity index (χ4v) is 5.08. The monoisotopic (exact) mass is 528 g/mol. The maximum Gasteiger partial charge on any atom is 0.258 e. The van der Waals surface area contributed by atoms with Gasteiger partial charge in [0.05, 0.1) is 18.0 Å². The van der Waals surface area contributed by atoms with Gasteiger partial charge in [-0.3, -0.25) is 4.79 Å². The zero-order chi connectivity index (χ0) is 27.8. The molecule has 0 saturated heterocycles. The maximum atomic E-state index is 13.9. The molecule has 0 aliphatic carbocycles. The van der Waals surface area contributed by atoms with Crippen LogP contribution in [0.5, 0.6) is 5.75 Å². The summed E-state index contributed by atoms with van der Waals surface area (Å²) in [4.78, 5) is 18.1. The zero-order valence-electron chi connectivity index (χ0n) is 24.2. The highest BCUT2D eigenvalue weighted by atomic mass is 16.5. The third-order valence-corrected chi connectivity index (χ3v) is 7.05. The van der Waals surface area contributed by atoms with Gasteiger partial charge in [0.1, 0.15) is 5.75 Å². The Balaban J connectivity index is 1.61. The molecule has 3 aromatic carbocycles. The normalized spacial score (nSPS) is 15.1. The highest BCUT2D eigenvalue weighted by Gasteiger charge is 2.25. The van der Waals surface area contributed by atoms with E-state index < -0.39 is 0 Å². The molecule has 208 valence electrons. The van der Waals surface area contributed by atoms with Crippen molar-refractivity contribution in [1.82, 2.24) is 4.90 Å². The summed E-state index contributed by atoms with van der Waals surface area (Å²) in [5.41, 5.74) is 5.71. The lowest BCUT2D eigenvalue weighted by Crippen LogP contribution is -2.32. The van der Waals surface area contributed by atoms with E-state index in [0.717, 1.165) is 66.3 Å². The van der Waals surface area contributed by atoms with E-state index in [2.05, 4.69) is 74.5 Å². The largest absolute Gasteiger partial charge is 0.493 e. The van der Waals surface area contributed by atoms with Gasteiger partial charge in [0, 0.05) is 42.0 Å². The molecule has 1 atom stereocenters. The first-order valence-corrected chi connectivity index (χ1v) is 14.4. The van der Waals surface area contributed by atoms with Crippen molar-refractivity contribution in [3.8, 4) is 16.9 Å². The molecule has 3 aromatic rings. The van der Waals surface area contributed by atoms with Crippen LogP contribution in [0.25, 0.3) is 11.1 Å². The lowest BCUT2D eigenvalue weighted by molar-refractivity contribution is 0.0986.